The molecule has 0 N–H and O–H groups in total. The van der Waals surface area contributed by atoms with E-state index in [0.29, 0.717) is 0 Å². The average molecular weight is 238 g/mol. The second-order valence-corrected chi connectivity index (χ2v) is 1.22. The zero-order valence-corrected chi connectivity index (χ0v) is 6.67. The molecular weight excluding hydrogens is 230 g/mol. The van der Waals surface area contributed by atoms with Crippen LogP contribution in [0.4, 0.5) is 0 Å². The summed E-state index contributed by atoms with van der Waals surface area (Å²) >= 11 is 0. The summed E-state index contributed by atoms with van der Waals surface area (Å²) in [6.45, 7) is 3.11. The van der Waals surface area contributed by atoms with E-state index in [2.05, 4.69) is 0 Å². The van der Waals surface area contributed by atoms with Gasteiger partial charge in [0.2, 0.25) is 0 Å². The van der Waals surface area contributed by atoms with Crippen molar-refractivity contribution in [2.75, 3.05) is 26.4 Å². The van der Waals surface area contributed by atoms with E-state index in [9.17, 15) is 0 Å². The van der Waals surface area contributed by atoms with E-state index in [1.165, 1.54) is 0 Å². The molecule has 42 valence electrons. The molecule has 0 bridgehead atoms. The van der Waals surface area contributed by atoms with Crippen LogP contribution in [0.25, 0.3) is 0 Å². The molecule has 7 heavy (non-hydrogen) atoms. The molecule has 0 radical (unpaired) electrons. The van der Waals surface area contributed by atoms with Crippen LogP contribution in [0.15, 0.2) is 0 Å². The Morgan fingerprint density at radius 1 is 0.714 bits per heavy atom. The SMILES string of the molecule is C1COCCO1.[Sm]. The molecule has 2 nitrogen and oxygen atoms in total. The van der Waals surface area contributed by atoms with Crippen LogP contribution in [0.2, 0.25) is 0 Å². The van der Waals surface area contributed by atoms with Crippen molar-refractivity contribution in [2.45, 2.75) is 0 Å². The maximum absolute atomic E-state index is 4.94. The Bertz CT molecular complexity index is 25.2. The molecule has 0 aromatic carbocycles. The Kier molecular flexibility index (Phi) is 6.36. The van der Waals surface area contributed by atoms with Crippen LogP contribution in [0.3, 0.4) is 0 Å². The monoisotopic (exact) mass is 240 g/mol. The van der Waals surface area contributed by atoms with Gasteiger partial charge in [-0.1, -0.05) is 0 Å². The summed E-state index contributed by atoms with van der Waals surface area (Å²) < 4.78 is 9.89. The number of rotatable bonds is 0. The van der Waals surface area contributed by atoms with Crippen LogP contribution in [0.5, 0.6) is 0 Å². The molecule has 0 saturated carbocycles. The van der Waals surface area contributed by atoms with Crippen molar-refractivity contribution in [1.82, 2.24) is 0 Å². The fraction of sp³-hybridized carbons (Fsp3) is 1.00. The van der Waals surface area contributed by atoms with Crippen LogP contribution < -0.4 is 0 Å². The third-order valence-electron chi connectivity index (χ3n) is 0.744. The van der Waals surface area contributed by atoms with Gasteiger partial charge in [0.15, 0.2) is 0 Å². The Morgan fingerprint density at radius 2 is 1.00 bits per heavy atom. The Hall–Kier alpha value is 1.26. The first kappa shape index (κ1) is 8.26. The van der Waals surface area contributed by atoms with Gasteiger partial charge in [0.1, 0.15) is 0 Å². The first-order valence-corrected chi connectivity index (χ1v) is 2.15. The van der Waals surface area contributed by atoms with E-state index in [-0.39, 0.29) is 40.4 Å². The zero-order valence-electron chi connectivity index (χ0n) is 4.05. The number of ether oxygens (including phenoxy) is 2. The van der Waals surface area contributed by atoms with Gasteiger partial charge in [0.25, 0.3) is 0 Å². The van der Waals surface area contributed by atoms with Crippen molar-refractivity contribution in [2.24, 2.45) is 0 Å². The molecular formula is C4H8O2Sm. The average Bonchev–Trinajstić information content (AvgIpc) is 1.72. The summed E-state index contributed by atoms with van der Waals surface area (Å²) in [5.41, 5.74) is 0. The minimum Gasteiger partial charge on any atom is -0.377 e. The fourth-order valence-corrected chi connectivity index (χ4v) is 0.440. The van der Waals surface area contributed by atoms with Crippen molar-refractivity contribution in [3.05, 3.63) is 0 Å². The summed E-state index contributed by atoms with van der Waals surface area (Å²) in [5.74, 6) is 0. The van der Waals surface area contributed by atoms with Gasteiger partial charge in [-0.2, -0.15) is 0 Å². The van der Waals surface area contributed by atoms with Crippen LogP contribution in [-0.4, -0.2) is 26.4 Å². The zero-order chi connectivity index (χ0) is 4.24. The molecule has 0 atom stereocenters. The van der Waals surface area contributed by atoms with E-state index in [1.807, 2.05) is 0 Å². The largest absolute Gasteiger partial charge is 0.377 e. The Morgan fingerprint density at radius 3 is 1.14 bits per heavy atom. The van der Waals surface area contributed by atoms with Crippen molar-refractivity contribution in [1.29, 1.82) is 0 Å². The van der Waals surface area contributed by atoms with E-state index in [0.717, 1.165) is 26.4 Å². The summed E-state index contributed by atoms with van der Waals surface area (Å²) in [7, 11) is 0. The van der Waals surface area contributed by atoms with E-state index in [1.54, 1.807) is 0 Å². The van der Waals surface area contributed by atoms with Gasteiger partial charge in [-0.05, 0) is 0 Å². The molecule has 0 aliphatic carbocycles. The van der Waals surface area contributed by atoms with E-state index < -0.39 is 0 Å². The van der Waals surface area contributed by atoms with Crippen molar-refractivity contribution >= 4 is 0 Å². The standard InChI is InChI=1S/C4H8O2.Sm/c1-2-6-4-3-5-1;/h1-4H2;. The molecule has 0 aromatic heterocycles. The first-order chi connectivity index (χ1) is 3.00. The minimum atomic E-state index is 0. The van der Waals surface area contributed by atoms with Gasteiger partial charge >= 0.3 is 0 Å². The van der Waals surface area contributed by atoms with Crippen molar-refractivity contribution in [3.63, 3.8) is 0 Å². The molecule has 1 heterocycles. The Labute approximate surface area is 75.7 Å². The van der Waals surface area contributed by atoms with E-state index >= 15 is 0 Å². The van der Waals surface area contributed by atoms with Gasteiger partial charge < -0.3 is 9.47 Å². The van der Waals surface area contributed by atoms with Crippen LogP contribution in [-0.2, 0) is 9.47 Å². The normalized spacial score (nSPS) is 20.6. The molecule has 1 saturated heterocycles. The van der Waals surface area contributed by atoms with Crippen LogP contribution in [0.1, 0.15) is 0 Å². The van der Waals surface area contributed by atoms with Gasteiger partial charge in [-0.15, -0.1) is 0 Å². The molecule has 1 rings (SSSR count). The van der Waals surface area contributed by atoms with Crippen molar-refractivity contribution in [3.8, 4) is 0 Å². The third kappa shape index (κ3) is 3.81. The number of hydrogen-bond acceptors (Lipinski definition) is 2. The molecule has 0 aromatic rings. The second-order valence-electron chi connectivity index (χ2n) is 1.22. The minimum absolute atomic E-state index is 0. The van der Waals surface area contributed by atoms with E-state index in [4.69, 9.17) is 9.47 Å². The first-order valence-electron chi connectivity index (χ1n) is 2.15. The predicted octanol–water partition coefficient (Wildman–Crippen LogP) is 0.0332. The van der Waals surface area contributed by atoms with Gasteiger partial charge in [0, 0.05) is 40.4 Å². The second kappa shape index (κ2) is 5.40. The predicted molar refractivity (Wildman–Crippen MR) is 21.6 cm³/mol. The quantitative estimate of drug-likeness (QED) is 0.593. The number of hydrogen-bond donors (Lipinski definition) is 0. The Balaban J connectivity index is 0.000000360. The maximum atomic E-state index is 4.94. The smallest absolute Gasteiger partial charge is 0.0701 e. The van der Waals surface area contributed by atoms with Gasteiger partial charge in [0.05, 0.1) is 26.4 Å². The summed E-state index contributed by atoms with van der Waals surface area (Å²) in [6.07, 6.45) is 0. The summed E-state index contributed by atoms with van der Waals surface area (Å²) in [4.78, 5) is 0. The fourth-order valence-electron chi connectivity index (χ4n) is 0.440. The molecule has 1 fully saturated rings. The molecule has 0 spiro atoms. The molecule has 1 aliphatic rings. The topological polar surface area (TPSA) is 18.5 Å². The van der Waals surface area contributed by atoms with Gasteiger partial charge in [-0.3, -0.25) is 0 Å². The maximum Gasteiger partial charge on any atom is 0.0701 e. The molecule has 3 heteroatoms. The third-order valence-corrected chi connectivity index (χ3v) is 0.744. The van der Waals surface area contributed by atoms with Crippen LogP contribution in [0, 0.1) is 40.4 Å². The summed E-state index contributed by atoms with van der Waals surface area (Å²) in [5, 5.41) is 0. The van der Waals surface area contributed by atoms with Crippen LogP contribution >= 0.6 is 0 Å². The van der Waals surface area contributed by atoms with Crippen molar-refractivity contribution < 1.29 is 49.9 Å². The molecule has 0 unspecified atom stereocenters. The summed E-state index contributed by atoms with van der Waals surface area (Å²) in [6, 6.07) is 0. The molecule has 0 amide bonds. The molecule has 1 aliphatic heterocycles. The van der Waals surface area contributed by atoms with Gasteiger partial charge in [-0.25, -0.2) is 0 Å².